The molecule has 0 aliphatic rings. The lowest BCUT2D eigenvalue weighted by atomic mass is 10.4. The Morgan fingerprint density at radius 2 is 2.00 bits per heavy atom. The minimum absolute atomic E-state index is 0.415. The molecule has 0 saturated heterocycles. The molecule has 2 heterocycles. The summed E-state index contributed by atoms with van der Waals surface area (Å²) in [6, 6.07) is 0. The summed E-state index contributed by atoms with van der Waals surface area (Å²) in [7, 11) is 0. The van der Waals surface area contributed by atoms with Crippen molar-refractivity contribution in [3.05, 3.63) is 22.1 Å². The molecule has 2 rings (SSSR count). The summed E-state index contributed by atoms with van der Waals surface area (Å²) in [6.45, 7) is 3.79. The largest absolute Gasteiger partial charge is 0.241 e. The summed E-state index contributed by atoms with van der Waals surface area (Å²) in [5.41, 5.74) is 3.40. The van der Waals surface area contributed by atoms with E-state index in [-0.39, 0.29) is 0 Å². The molecule has 2 aromatic rings. The van der Waals surface area contributed by atoms with Gasteiger partial charge in [0.05, 0.1) is 11.4 Å². The Kier molecular flexibility index (Phi) is 3.18. The molecule has 0 saturated carbocycles. The second-order valence-corrected chi connectivity index (χ2v) is 5.22. The Hall–Kier alpha value is -0.720. The molecule has 2 aromatic heterocycles. The van der Waals surface area contributed by atoms with E-state index in [4.69, 9.17) is 11.6 Å². The van der Waals surface area contributed by atoms with Crippen LogP contribution in [0.4, 0.5) is 0 Å². The van der Waals surface area contributed by atoms with Crippen LogP contribution in [-0.2, 0) is 0 Å². The van der Waals surface area contributed by atoms with Crippen LogP contribution in [-0.4, -0.2) is 20.2 Å². The Balaban J connectivity index is 2.33. The fraction of sp³-hybridized carbons (Fsp3) is 0.250. The highest BCUT2D eigenvalue weighted by atomic mass is 35.5. The van der Waals surface area contributed by atoms with Gasteiger partial charge in [-0.2, -0.15) is 0 Å². The van der Waals surface area contributed by atoms with E-state index in [1.807, 2.05) is 13.8 Å². The van der Waals surface area contributed by atoms with Gasteiger partial charge in [-0.3, -0.25) is 0 Å². The lowest BCUT2D eigenvalue weighted by molar-refractivity contribution is 0.951. The van der Waals surface area contributed by atoms with E-state index in [9.17, 15) is 0 Å². The standard InChI is InChI=1S/C8H7ClN4S2/c1-4-5(2)12-7(6(9)11-4)15-8-13-10-3-14-8/h3H,1-2H3. The van der Waals surface area contributed by atoms with Crippen molar-refractivity contribution in [2.75, 3.05) is 0 Å². The van der Waals surface area contributed by atoms with Gasteiger partial charge in [0.15, 0.2) is 9.49 Å². The van der Waals surface area contributed by atoms with E-state index in [0.717, 1.165) is 15.7 Å². The van der Waals surface area contributed by atoms with Crippen molar-refractivity contribution in [3.8, 4) is 0 Å². The molecule has 0 N–H and O–H groups in total. The summed E-state index contributed by atoms with van der Waals surface area (Å²) in [5.74, 6) is 0. The second-order valence-electron chi connectivity index (χ2n) is 2.80. The normalized spacial score (nSPS) is 10.6. The molecule has 0 bridgehead atoms. The molecule has 0 aliphatic carbocycles. The van der Waals surface area contributed by atoms with Gasteiger partial charge in [-0.25, -0.2) is 9.97 Å². The molecule has 0 aliphatic heterocycles. The third kappa shape index (κ3) is 2.45. The third-order valence-electron chi connectivity index (χ3n) is 1.76. The summed E-state index contributed by atoms with van der Waals surface area (Å²) < 4.78 is 0.814. The van der Waals surface area contributed by atoms with E-state index in [0.29, 0.717) is 10.2 Å². The maximum atomic E-state index is 5.98. The Labute approximate surface area is 100 Å². The first-order valence-corrected chi connectivity index (χ1v) is 6.19. The number of rotatable bonds is 2. The van der Waals surface area contributed by atoms with E-state index >= 15 is 0 Å². The van der Waals surface area contributed by atoms with Gasteiger partial charge in [-0.05, 0) is 25.6 Å². The van der Waals surface area contributed by atoms with Crippen LogP contribution in [0, 0.1) is 13.8 Å². The lowest BCUT2D eigenvalue weighted by Gasteiger charge is -2.03. The van der Waals surface area contributed by atoms with Crippen LogP contribution in [0.5, 0.6) is 0 Å². The molecule has 15 heavy (non-hydrogen) atoms. The first kappa shape index (κ1) is 10.8. The average Bonchev–Trinajstić information content (AvgIpc) is 2.67. The molecular weight excluding hydrogens is 252 g/mol. The maximum absolute atomic E-state index is 5.98. The number of halogens is 1. The first-order chi connectivity index (χ1) is 7.16. The molecule has 4 nitrogen and oxygen atoms in total. The van der Waals surface area contributed by atoms with Crippen molar-refractivity contribution in [2.45, 2.75) is 23.2 Å². The molecule has 0 atom stereocenters. The monoisotopic (exact) mass is 258 g/mol. The Morgan fingerprint density at radius 1 is 1.27 bits per heavy atom. The Morgan fingerprint density at radius 3 is 2.67 bits per heavy atom. The fourth-order valence-corrected chi connectivity index (χ4v) is 2.60. The zero-order valence-electron chi connectivity index (χ0n) is 8.06. The predicted octanol–water partition coefficient (Wildman–Crippen LogP) is 2.75. The highest BCUT2D eigenvalue weighted by Gasteiger charge is 2.10. The molecule has 7 heteroatoms. The minimum atomic E-state index is 0.415. The van der Waals surface area contributed by atoms with Gasteiger partial charge >= 0.3 is 0 Å². The first-order valence-electron chi connectivity index (χ1n) is 4.11. The van der Waals surface area contributed by atoms with Crippen molar-refractivity contribution in [1.29, 1.82) is 0 Å². The van der Waals surface area contributed by atoms with Crippen LogP contribution >= 0.6 is 34.7 Å². The van der Waals surface area contributed by atoms with E-state index in [1.54, 1.807) is 5.51 Å². The molecular formula is C8H7ClN4S2. The van der Waals surface area contributed by atoms with Crippen molar-refractivity contribution in [3.63, 3.8) is 0 Å². The molecule has 0 spiro atoms. The number of aromatic nitrogens is 4. The molecule has 0 fully saturated rings. The van der Waals surface area contributed by atoms with Gasteiger partial charge in [0.2, 0.25) is 0 Å². The SMILES string of the molecule is Cc1nc(Cl)c(Sc2nncs2)nc1C. The van der Waals surface area contributed by atoms with Gasteiger partial charge in [0.25, 0.3) is 0 Å². The van der Waals surface area contributed by atoms with E-state index in [2.05, 4.69) is 20.2 Å². The highest BCUT2D eigenvalue weighted by Crippen LogP contribution is 2.31. The summed E-state index contributed by atoms with van der Waals surface area (Å²) in [6.07, 6.45) is 0. The number of hydrogen-bond acceptors (Lipinski definition) is 6. The van der Waals surface area contributed by atoms with Crippen LogP contribution in [0.3, 0.4) is 0 Å². The Bertz CT molecular complexity index is 472. The van der Waals surface area contributed by atoms with Crippen molar-refractivity contribution in [1.82, 2.24) is 20.2 Å². The van der Waals surface area contributed by atoms with Crippen LogP contribution in [0.25, 0.3) is 0 Å². The molecule has 78 valence electrons. The number of hydrogen-bond donors (Lipinski definition) is 0. The van der Waals surface area contributed by atoms with Gasteiger partial charge in [-0.1, -0.05) is 22.9 Å². The summed E-state index contributed by atoms with van der Waals surface area (Å²) >= 11 is 8.81. The number of nitrogens with zero attached hydrogens (tertiary/aromatic N) is 4. The highest BCUT2D eigenvalue weighted by molar-refractivity contribution is 8.01. The van der Waals surface area contributed by atoms with E-state index in [1.165, 1.54) is 23.1 Å². The lowest BCUT2D eigenvalue weighted by Crippen LogP contribution is -1.94. The zero-order valence-corrected chi connectivity index (χ0v) is 10.4. The van der Waals surface area contributed by atoms with Crippen LogP contribution in [0.2, 0.25) is 5.15 Å². The van der Waals surface area contributed by atoms with Gasteiger partial charge < -0.3 is 0 Å². The fourth-order valence-electron chi connectivity index (χ4n) is 0.910. The van der Waals surface area contributed by atoms with Crippen LogP contribution in [0.15, 0.2) is 14.9 Å². The summed E-state index contributed by atoms with van der Waals surface area (Å²) in [5, 5.41) is 8.75. The quantitative estimate of drug-likeness (QED) is 0.829. The smallest absolute Gasteiger partial charge is 0.180 e. The molecule has 0 radical (unpaired) electrons. The number of aryl methyl sites for hydroxylation is 2. The average molecular weight is 259 g/mol. The van der Waals surface area contributed by atoms with Gasteiger partial charge in [-0.15, -0.1) is 10.2 Å². The van der Waals surface area contributed by atoms with Gasteiger partial charge in [0, 0.05) is 0 Å². The van der Waals surface area contributed by atoms with Crippen molar-refractivity contribution >= 4 is 34.7 Å². The summed E-state index contributed by atoms with van der Waals surface area (Å²) in [4.78, 5) is 8.55. The topological polar surface area (TPSA) is 51.6 Å². The van der Waals surface area contributed by atoms with Crippen LogP contribution < -0.4 is 0 Å². The van der Waals surface area contributed by atoms with Crippen LogP contribution in [0.1, 0.15) is 11.4 Å². The van der Waals surface area contributed by atoms with Crippen molar-refractivity contribution in [2.24, 2.45) is 0 Å². The van der Waals surface area contributed by atoms with Crippen molar-refractivity contribution < 1.29 is 0 Å². The molecule has 0 amide bonds. The van der Waals surface area contributed by atoms with Gasteiger partial charge in [0.1, 0.15) is 10.5 Å². The maximum Gasteiger partial charge on any atom is 0.180 e. The van der Waals surface area contributed by atoms with E-state index < -0.39 is 0 Å². The molecule has 0 unspecified atom stereocenters. The predicted molar refractivity (Wildman–Crippen MR) is 60.5 cm³/mol. The third-order valence-corrected chi connectivity index (χ3v) is 3.89. The minimum Gasteiger partial charge on any atom is -0.241 e. The molecule has 0 aromatic carbocycles. The zero-order chi connectivity index (χ0) is 10.8. The second kappa shape index (κ2) is 4.42.